The summed E-state index contributed by atoms with van der Waals surface area (Å²) in [5, 5.41) is 0. The Morgan fingerprint density at radius 2 is 0.688 bits per heavy atom. The van der Waals surface area contributed by atoms with Crippen LogP contribution < -0.4 is 0 Å². The molecule has 0 atom stereocenters. The van der Waals surface area contributed by atoms with Crippen LogP contribution in [0.15, 0.2) is 18.2 Å². The molecule has 0 heterocycles. The first-order valence-corrected chi connectivity index (χ1v) is 22.2. The standard InChI is InChI=1S/C30H54O15Si3/c1-10-37-46(38-11-2,39-12-3)22-34-28(31)25-19-20-26(29(32)35-23-47(40-13-4,41-14-5)42-15-6)27(21-25)30(33)36-24-48(43-16-7,44-17-8)45-18-9/h19-21H,10-18,22-24H2,1-9H3. The highest BCUT2D eigenvalue weighted by Gasteiger charge is 2.45. The topological polar surface area (TPSA) is 162 Å². The van der Waals surface area contributed by atoms with Crippen molar-refractivity contribution in [2.45, 2.75) is 62.3 Å². The maximum atomic E-state index is 13.6. The molecule has 0 fully saturated rings. The highest BCUT2D eigenvalue weighted by molar-refractivity contribution is 6.61. The van der Waals surface area contributed by atoms with Crippen LogP contribution in [0.1, 0.15) is 93.4 Å². The predicted molar refractivity (Wildman–Crippen MR) is 179 cm³/mol. The van der Waals surface area contributed by atoms with Crippen LogP contribution in [0.25, 0.3) is 0 Å². The summed E-state index contributed by atoms with van der Waals surface area (Å²) in [5.41, 5.74) is -0.487. The number of hydrogen-bond donors (Lipinski definition) is 0. The van der Waals surface area contributed by atoms with Crippen molar-refractivity contribution in [3.8, 4) is 0 Å². The van der Waals surface area contributed by atoms with Crippen molar-refractivity contribution in [2.75, 3.05) is 78.2 Å². The number of carbonyl (C=O) groups excluding carboxylic acids is 3. The van der Waals surface area contributed by atoms with Gasteiger partial charge in [0.1, 0.15) is 0 Å². The molecule has 0 saturated heterocycles. The molecule has 48 heavy (non-hydrogen) atoms. The first-order valence-electron chi connectivity index (χ1n) is 16.4. The second kappa shape index (κ2) is 23.3. The largest absolute Gasteiger partial charge is 0.540 e. The van der Waals surface area contributed by atoms with Crippen LogP contribution in [0.3, 0.4) is 0 Å². The number of benzene rings is 1. The molecule has 1 aromatic carbocycles. The van der Waals surface area contributed by atoms with Gasteiger partial charge in [0.15, 0.2) is 18.7 Å². The molecule has 0 spiro atoms. The molecule has 0 aliphatic rings. The average molecular weight is 739 g/mol. The van der Waals surface area contributed by atoms with E-state index in [0.29, 0.717) is 0 Å². The van der Waals surface area contributed by atoms with Crippen molar-refractivity contribution in [3.05, 3.63) is 34.9 Å². The van der Waals surface area contributed by atoms with E-state index in [2.05, 4.69) is 0 Å². The minimum atomic E-state index is -3.43. The highest BCUT2D eigenvalue weighted by Crippen LogP contribution is 2.21. The summed E-state index contributed by atoms with van der Waals surface area (Å²) < 4.78 is 68.7. The summed E-state index contributed by atoms with van der Waals surface area (Å²) in [6.07, 6.45) is -0.923. The smallest absolute Gasteiger partial charge is 0.457 e. The first-order chi connectivity index (χ1) is 23.0. The maximum Gasteiger partial charge on any atom is 0.540 e. The lowest BCUT2D eigenvalue weighted by Gasteiger charge is -2.28. The lowest BCUT2D eigenvalue weighted by Crippen LogP contribution is -2.51. The normalized spacial score (nSPS) is 12.2. The minimum absolute atomic E-state index is 0.0458. The fraction of sp³-hybridized carbons (Fsp3) is 0.700. The van der Waals surface area contributed by atoms with Gasteiger partial charge in [0.25, 0.3) is 0 Å². The molecule has 0 unspecified atom stereocenters. The summed E-state index contributed by atoms with van der Waals surface area (Å²) in [7, 11) is -10.2. The van der Waals surface area contributed by atoms with Gasteiger partial charge in [0, 0.05) is 59.5 Å². The zero-order chi connectivity index (χ0) is 36.1. The lowest BCUT2D eigenvalue weighted by atomic mass is 10.0. The van der Waals surface area contributed by atoms with E-state index in [-0.39, 0.29) is 94.8 Å². The van der Waals surface area contributed by atoms with Gasteiger partial charge < -0.3 is 54.0 Å². The van der Waals surface area contributed by atoms with Gasteiger partial charge in [-0.3, -0.25) is 0 Å². The van der Waals surface area contributed by atoms with Gasteiger partial charge in [0.05, 0.1) is 16.7 Å². The van der Waals surface area contributed by atoms with Gasteiger partial charge in [-0.15, -0.1) is 0 Å². The van der Waals surface area contributed by atoms with Crippen LogP contribution in [0.2, 0.25) is 0 Å². The Balaban J connectivity index is 3.50. The Bertz CT molecular complexity index is 1060. The molecule has 1 aromatic rings. The number of ether oxygens (including phenoxy) is 3. The summed E-state index contributed by atoms with van der Waals surface area (Å²) >= 11 is 0. The summed E-state index contributed by atoms with van der Waals surface area (Å²) in [4.78, 5) is 40.4. The quantitative estimate of drug-likeness (QED) is 0.0725. The van der Waals surface area contributed by atoms with Crippen molar-refractivity contribution in [3.63, 3.8) is 0 Å². The Labute approximate surface area is 287 Å². The second-order valence-electron chi connectivity index (χ2n) is 9.43. The monoisotopic (exact) mass is 738 g/mol. The Morgan fingerprint density at radius 1 is 0.417 bits per heavy atom. The lowest BCUT2D eigenvalue weighted by molar-refractivity contribution is 0.0223. The number of rotatable bonds is 27. The van der Waals surface area contributed by atoms with Crippen molar-refractivity contribution < 1.29 is 68.4 Å². The fourth-order valence-electron chi connectivity index (χ4n) is 4.45. The van der Waals surface area contributed by atoms with Crippen molar-refractivity contribution in [1.82, 2.24) is 0 Å². The molecule has 276 valence electrons. The highest BCUT2D eigenvalue weighted by atomic mass is 28.4. The second-order valence-corrected chi connectivity index (χ2v) is 17.0. The predicted octanol–water partition coefficient (Wildman–Crippen LogP) is 3.92. The minimum Gasteiger partial charge on any atom is -0.457 e. The summed E-state index contributed by atoms with van der Waals surface area (Å²) in [6, 6.07) is 3.80. The molecule has 18 heteroatoms. The van der Waals surface area contributed by atoms with E-state index < -0.39 is 44.3 Å². The molecule has 0 N–H and O–H groups in total. The van der Waals surface area contributed by atoms with E-state index in [9.17, 15) is 14.4 Å². The van der Waals surface area contributed by atoms with Crippen LogP contribution >= 0.6 is 0 Å². The van der Waals surface area contributed by atoms with Crippen molar-refractivity contribution in [2.24, 2.45) is 0 Å². The summed E-state index contributed by atoms with van der Waals surface area (Å²) in [6.45, 7) is 18.4. The zero-order valence-corrected chi connectivity index (χ0v) is 32.8. The van der Waals surface area contributed by atoms with Crippen molar-refractivity contribution >= 4 is 44.3 Å². The van der Waals surface area contributed by atoms with E-state index in [1.165, 1.54) is 18.2 Å². The Morgan fingerprint density at radius 3 is 0.979 bits per heavy atom. The third kappa shape index (κ3) is 13.7. The molecular weight excluding hydrogens is 685 g/mol. The van der Waals surface area contributed by atoms with Crippen LogP contribution in [0.5, 0.6) is 0 Å². The Kier molecular flexibility index (Phi) is 21.4. The molecule has 15 nitrogen and oxygen atoms in total. The number of carbonyl (C=O) groups is 3. The van der Waals surface area contributed by atoms with E-state index >= 15 is 0 Å². The maximum absolute atomic E-state index is 13.6. The molecular formula is C30H54O15Si3. The van der Waals surface area contributed by atoms with E-state index in [1.54, 1.807) is 62.3 Å². The van der Waals surface area contributed by atoms with Crippen LogP contribution in [-0.2, 0) is 54.0 Å². The van der Waals surface area contributed by atoms with Gasteiger partial charge in [0.2, 0.25) is 0 Å². The molecule has 0 amide bonds. The van der Waals surface area contributed by atoms with Crippen LogP contribution in [-0.4, -0.2) is 122 Å². The van der Waals surface area contributed by atoms with Crippen LogP contribution in [0, 0.1) is 0 Å². The molecule has 0 aliphatic carbocycles. The fourth-order valence-corrected chi connectivity index (χ4v) is 10.8. The van der Waals surface area contributed by atoms with Gasteiger partial charge in [-0.2, -0.15) is 0 Å². The summed E-state index contributed by atoms with van der Waals surface area (Å²) in [5.74, 6) is -2.65. The molecule has 0 aliphatic heterocycles. The van der Waals surface area contributed by atoms with Gasteiger partial charge >= 0.3 is 44.3 Å². The molecule has 0 radical (unpaired) electrons. The van der Waals surface area contributed by atoms with E-state index in [1.807, 2.05) is 0 Å². The molecule has 0 saturated carbocycles. The Hall–Kier alpha value is -2.08. The van der Waals surface area contributed by atoms with Crippen molar-refractivity contribution in [1.29, 1.82) is 0 Å². The first kappa shape index (κ1) is 43.9. The van der Waals surface area contributed by atoms with E-state index in [0.717, 1.165) is 0 Å². The molecule has 0 aromatic heterocycles. The van der Waals surface area contributed by atoms with Crippen LogP contribution in [0.4, 0.5) is 0 Å². The van der Waals surface area contributed by atoms with Gasteiger partial charge in [-0.25, -0.2) is 14.4 Å². The number of hydrogen-bond acceptors (Lipinski definition) is 15. The third-order valence-electron chi connectivity index (χ3n) is 6.11. The molecule has 1 rings (SSSR count). The zero-order valence-electron chi connectivity index (χ0n) is 29.8. The van der Waals surface area contributed by atoms with Gasteiger partial charge in [-0.05, 0) is 80.5 Å². The van der Waals surface area contributed by atoms with Gasteiger partial charge in [-0.1, -0.05) is 0 Å². The number of esters is 3. The average Bonchev–Trinajstić information content (AvgIpc) is 3.06. The molecule has 0 bridgehead atoms. The third-order valence-corrected chi connectivity index (χ3v) is 14.2. The van der Waals surface area contributed by atoms with E-state index in [4.69, 9.17) is 54.0 Å². The SMILES string of the molecule is CCO[Si](COC(=O)c1ccc(C(=O)OC[Si](OCC)(OCC)OCC)c(C(=O)OC[Si](OCC)(OCC)OCC)c1)(OCC)OCC.